The Labute approximate surface area is 88.0 Å². The van der Waals surface area contributed by atoms with Crippen molar-refractivity contribution in [3.8, 4) is 17.4 Å². The van der Waals surface area contributed by atoms with Crippen molar-refractivity contribution in [1.29, 1.82) is 5.26 Å². The van der Waals surface area contributed by atoms with Gasteiger partial charge in [0.05, 0.1) is 12.3 Å². The zero-order valence-electron chi connectivity index (χ0n) is 8.40. The van der Waals surface area contributed by atoms with Gasteiger partial charge >= 0.3 is 0 Å². The summed E-state index contributed by atoms with van der Waals surface area (Å²) in [6, 6.07) is 9.99. The summed E-state index contributed by atoms with van der Waals surface area (Å²) >= 11 is 0. The minimum Gasteiger partial charge on any atom is -0.440 e. The third-order valence-corrected chi connectivity index (χ3v) is 2.12. The van der Waals surface area contributed by atoms with Crippen molar-refractivity contribution >= 4 is 0 Å². The van der Waals surface area contributed by atoms with Crippen molar-refractivity contribution in [3.63, 3.8) is 0 Å². The minimum atomic E-state index is 0.214. The lowest BCUT2D eigenvalue weighted by atomic mass is 10.1. The van der Waals surface area contributed by atoms with Crippen LogP contribution in [0.2, 0.25) is 0 Å². The van der Waals surface area contributed by atoms with Gasteiger partial charge in [0.1, 0.15) is 6.42 Å². The molecule has 15 heavy (non-hydrogen) atoms. The second-order valence-electron chi connectivity index (χ2n) is 3.32. The van der Waals surface area contributed by atoms with Crippen LogP contribution in [-0.4, -0.2) is 4.98 Å². The van der Waals surface area contributed by atoms with Crippen molar-refractivity contribution in [2.24, 2.45) is 0 Å². The predicted molar refractivity (Wildman–Crippen MR) is 56.0 cm³/mol. The quantitative estimate of drug-likeness (QED) is 0.745. The highest BCUT2D eigenvalue weighted by molar-refractivity contribution is 5.56. The summed E-state index contributed by atoms with van der Waals surface area (Å²) in [5.41, 5.74) is 2.19. The van der Waals surface area contributed by atoms with Crippen LogP contribution in [0.3, 0.4) is 0 Å². The van der Waals surface area contributed by atoms with E-state index in [-0.39, 0.29) is 6.42 Å². The van der Waals surface area contributed by atoms with Crippen molar-refractivity contribution < 1.29 is 4.42 Å². The van der Waals surface area contributed by atoms with E-state index in [0.29, 0.717) is 11.7 Å². The maximum atomic E-state index is 8.49. The van der Waals surface area contributed by atoms with Crippen LogP contribution in [0, 0.1) is 18.3 Å². The molecule has 2 rings (SSSR count). The summed E-state index contributed by atoms with van der Waals surface area (Å²) in [5.74, 6) is 1.17. The van der Waals surface area contributed by atoms with E-state index in [2.05, 4.69) is 4.98 Å². The predicted octanol–water partition coefficient (Wildman–Crippen LogP) is 2.72. The molecule has 0 amide bonds. The molecular formula is C12H10N2O. The highest BCUT2D eigenvalue weighted by Gasteiger charge is 2.05. The molecule has 0 spiro atoms. The molecule has 0 bridgehead atoms. The number of aryl methyl sites for hydroxylation is 1. The van der Waals surface area contributed by atoms with Gasteiger partial charge in [0.2, 0.25) is 5.89 Å². The second-order valence-corrected chi connectivity index (χ2v) is 3.32. The second kappa shape index (κ2) is 3.97. The molecule has 1 heterocycles. The topological polar surface area (TPSA) is 49.8 Å². The third-order valence-electron chi connectivity index (χ3n) is 2.12. The molecule has 0 aliphatic carbocycles. The molecule has 0 saturated heterocycles. The van der Waals surface area contributed by atoms with Crippen LogP contribution in [0.4, 0.5) is 0 Å². The Morgan fingerprint density at radius 1 is 1.33 bits per heavy atom. The van der Waals surface area contributed by atoms with Crippen LogP contribution >= 0.6 is 0 Å². The Morgan fingerprint density at radius 2 is 2.07 bits per heavy atom. The summed E-state index contributed by atoms with van der Waals surface area (Å²) in [7, 11) is 0. The molecule has 0 atom stereocenters. The van der Waals surface area contributed by atoms with Gasteiger partial charge in [0.25, 0.3) is 0 Å². The van der Waals surface area contributed by atoms with Crippen LogP contribution in [0.5, 0.6) is 0 Å². The first kappa shape index (κ1) is 9.47. The van der Waals surface area contributed by atoms with Crippen molar-refractivity contribution in [3.05, 3.63) is 41.9 Å². The van der Waals surface area contributed by atoms with Gasteiger partial charge < -0.3 is 4.42 Å². The summed E-state index contributed by atoms with van der Waals surface area (Å²) in [6.45, 7) is 2.03. The lowest BCUT2D eigenvalue weighted by Crippen LogP contribution is -1.77. The van der Waals surface area contributed by atoms with Crippen LogP contribution < -0.4 is 0 Å². The zero-order chi connectivity index (χ0) is 10.7. The summed E-state index contributed by atoms with van der Waals surface area (Å²) in [5, 5.41) is 8.49. The van der Waals surface area contributed by atoms with E-state index in [4.69, 9.17) is 9.68 Å². The molecule has 1 aromatic heterocycles. The fourth-order valence-electron chi connectivity index (χ4n) is 1.31. The van der Waals surface area contributed by atoms with Crippen molar-refractivity contribution in [2.75, 3.05) is 0 Å². The number of benzene rings is 1. The molecular weight excluding hydrogens is 188 g/mol. The van der Waals surface area contributed by atoms with Crippen LogP contribution in [-0.2, 0) is 6.42 Å². The number of hydrogen-bond donors (Lipinski definition) is 0. The highest BCUT2D eigenvalue weighted by atomic mass is 16.4. The van der Waals surface area contributed by atoms with Gasteiger partial charge in [-0.1, -0.05) is 29.8 Å². The molecule has 0 saturated carbocycles. The monoisotopic (exact) mass is 198 g/mol. The molecule has 3 heteroatoms. The number of nitriles is 1. The van der Waals surface area contributed by atoms with E-state index in [1.54, 1.807) is 6.20 Å². The van der Waals surface area contributed by atoms with Crippen LogP contribution in [0.15, 0.2) is 34.9 Å². The van der Waals surface area contributed by atoms with E-state index in [0.717, 1.165) is 5.56 Å². The van der Waals surface area contributed by atoms with E-state index in [9.17, 15) is 0 Å². The highest BCUT2D eigenvalue weighted by Crippen LogP contribution is 2.20. The van der Waals surface area contributed by atoms with Gasteiger partial charge in [-0.2, -0.15) is 5.26 Å². The Hall–Kier alpha value is -2.08. The lowest BCUT2D eigenvalue weighted by molar-refractivity contribution is 0.523. The molecule has 1 aromatic carbocycles. The summed E-state index contributed by atoms with van der Waals surface area (Å²) < 4.78 is 5.42. The molecule has 74 valence electrons. The Bertz CT molecular complexity index is 491. The number of aromatic nitrogens is 1. The largest absolute Gasteiger partial charge is 0.440 e. The average molecular weight is 198 g/mol. The van der Waals surface area contributed by atoms with E-state index >= 15 is 0 Å². The third kappa shape index (κ3) is 2.05. The Balaban J connectivity index is 2.30. The lowest BCUT2D eigenvalue weighted by Gasteiger charge is -1.96. The summed E-state index contributed by atoms with van der Waals surface area (Å²) in [6.07, 6.45) is 1.86. The smallest absolute Gasteiger partial charge is 0.209 e. The number of rotatable bonds is 2. The first-order valence-electron chi connectivity index (χ1n) is 4.68. The molecule has 2 aromatic rings. The van der Waals surface area contributed by atoms with Gasteiger partial charge in [-0.3, -0.25) is 0 Å². The zero-order valence-corrected chi connectivity index (χ0v) is 8.40. The first-order valence-corrected chi connectivity index (χ1v) is 4.68. The molecule has 0 radical (unpaired) electrons. The maximum absolute atomic E-state index is 8.49. The van der Waals surface area contributed by atoms with Crippen LogP contribution in [0.1, 0.15) is 11.5 Å². The molecule has 3 nitrogen and oxygen atoms in total. The normalized spacial score (nSPS) is 9.87. The first-order chi connectivity index (χ1) is 7.29. The van der Waals surface area contributed by atoms with Gasteiger partial charge in [0.15, 0.2) is 5.76 Å². The van der Waals surface area contributed by atoms with Gasteiger partial charge in [-0.05, 0) is 6.92 Å². The Morgan fingerprint density at radius 3 is 2.73 bits per heavy atom. The SMILES string of the molecule is Cc1ccc(-c2cnc(CC#N)o2)cc1. The standard InChI is InChI=1S/C12H10N2O/c1-9-2-4-10(5-3-9)11-8-14-12(15-11)6-7-13/h2-5,8H,6H2,1H3. The van der Waals surface area contributed by atoms with Crippen molar-refractivity contribution in [1.82, 2.24) is 4.98 Å². The van der Waals surface area contributed by atoms with Crippen LogP contribution in [0.25, 0.3) is 11.3 Å². The van der Waals surface area contributed by atoms with Gasteiger partial charge in [-0.25, -0.2) is 4.98 Å². The maximum Gasteiger partial charge on any atom is 0.209 e. The molecule has 0 fully saturated rings. The van der Waals surface area contributed by atoms with Gasteiger partial charge in [0, 0.05) is 5.56 Å². The number of nitrogens with zero attached hydrogens (tertiary/aromatic N) is 2. The molecule has 0 aliphatic rings. The van der Waals surface area contributed by atoms with E-state index in [1.165, 1.54) is 5.56 Å². The number of hydrogen-bond acceptors (Lipinski definition) is 3. The molecule has 0 N–H and O–H groups in total. The van der Waals surface area contributed by atoms with E-state index in [1.807, 2.05) is 37.3 Å². The van der Waals surface area contributed by atoms with Crippen molar-refractivity contribution in [2.45, 2.75) is 13.3 Å². The van der Waals surface area contributed by atoms with E-state index < -0.39 is 0 Å². The number of oxazole rings is 1. The Kier molecular flexibility index (Phi) is 2.51. The molecule has 0 aliphatic heterocycles. The average Bonchev–Trinajstić information content (AvgIpc) is 2.68. The minimum absolute atomic E-state index is 0.214. The molecule has 0 unspecified atom stereocenters. The fraction of sp³-hybridized carbons (Fsp3) is 0.167. The fourth-order valence-corrected chi connectivity index (χ4v) is 1.31. The van der Waals surface area contributed by atoms with Gasteiger partial charge in [-0.15, -0.1) is 0 Å². The summed E-state index contributed by atoms with van der Waals surface area (Å²) in [4.78, 5) is 4.02.